The lowest BCUT2D eigenvalue weighted by Gasteiger charge is -2.32. The lowest BCUT2D eigenvalue weighted by atomic mass is 10.0. The Labute approximate surface area is 253 Å². The van der Waals surface area contributed by atoms with Gasteiger partial charge in [0.1, 0.15) is 5.60 Å². The molecule has 0 bridgehead atoms. The van der Waals surface area contributed by atoms with Gasteiger partial charge in [0.2, 0.25) is 12.3 Å². The smallest absolute Gasteiger partial charge is 0.412 e. The highest BCUT2D eigenvalue weighted by molar-refractivity contribution is 6.01. The number of ether oxygens (including phenoxy) is 2. The maximum atomic E-state index is 13.4. The molecular weight excluding hydrogens is 552 g/mol. The Morgan fingerprint density at radius 2 is 1.81 bits per heavy atom. The molecule has 2 heterocycles. The summed E-state index contributed by atoms with van der Waals surface area (Å²) < 4.78 is 11.1. The number of rotatable bonds is 13. The largest absolute Gasteiger partial charge is 0.444 e. The van der Waals surface area contributed by atoms with E-state index in [4.69, 9.17) is 9.47 Å². The van der Waals surface area contributed by atoms with Crippen LogP contribution in [0.3, 0.4) is 0 Å². The van der Waals surface area contributed by atoms with E-state index in [0.717, 1.165) is 29.5 Å². The molecule has 4 amide bonds. The molecule has 0 spiro atoms. The van der Waals surface area contributed by atoms with E-state index in [1.807, 2.05) is 18.2 Å². The van der Waals surface area contributed by atoms with Crippen molar-refractivity contribution in [3.05, 3.63) is 47.8 Å². The number of anilines is 1. The quantitative estimate of drug-likeness (QED) is 0.266. The summed E-state index contributed by atoms with van der Waals surface area (Å²) in [5.41, 5.74) is 2.49. The summed E-state index contributed by atoms with van der Waals surface area (Å²) in [4.78, 5) is 58.4. The molecule has 1 fully saturated rings. The molecule has 1 aromatic heterocycles. The molecule has 234 valence electrons. The highest BCUT2D eigenvalue weighted by Crippen LogP contribution is 2.26. The molecule has 0 saturated carbocycles. The summed E-state index contributed by atoms with van der Waals surface area (Å²) in [7, 11) is 1.64. The lowest BCUT2D eigenvalue weighted by molar-refractivity contribution is -0.134. The minimum absolute atomic E-state index is 0.0109. The molecule has 43 heavy (non-hydrogen) atoms. The predicted octanol–water partition coefficient (Wildman–Crippen LogP) is 2.64. The number of benzene rings is 1. The van der Waals surface area contributed by atoms with E-state index in [-0.39, 0.29) is 36.3 Å². The van der Waals surface area contributed by atoms with Crippen LogP contribution in [0.5, 0.6) is 0 Å². The molecule has 3 rings (SSSR count). The Morgan fingerprint density at radius 1 is 1.07 bits per heavy atom. The van der Waals surface area contributed by atoms with Gasteiger partial charge in [0.05, 0.1) is 25.4 Å². The topological polar surface area (TPSA) is 133 Å². The molecule has 12 nitrogen and oxygen atoms in total. The number of nitrogens with one attached hydrogen (secondary N) is 2. The monoisotopic (exact) mass is 596 g/mol. The van der Waals surface area contributed by atoms with Crippen LogP contribution in [0, 0.1) is 0 Å². The van der Waals surface area contributed by atoms with Crippen LogP contribution in [0.4, 0.5) is 10.5 Å². The average molecular weight is 597 g/mol. The first-order valence-corrected chi connectivity index (χ1v) is 14.6. The van der Waals surface area contributed by atoms with Crippen molar-refractivity contribution in [1.82, 2.24) is 25.0 Å². The number of hydrogen-bond acceptors (Lipinski definition) is 8. The van der Waals surface area contributed by atoms with Gasteiger partial charge in [-0.2, -0.15) is 0 Å². The standard InChI is InChI=1S/C31H44N6O6/c1-6-23-8-7-9-24(18-23)25-19-26(34-30(41)43-31(2,3)4)28(33-20-25)29(40)35(5)15-17-42-16-10-32-21-27(39)37-13-11-36(22-38)12-14-37/h7-9,18-20,22,32H,6,10-17,21H2,1-5H3,(H,34,41). The maximum absolute atomic E-state index is 13.4. The molecule has 2 aromatic rings. The predicted molar refractivity (Wildman–Crippen MR) is 164 cm³/mol. The van der Waals surface area contributed by atoms with Gasteiger partial charge in [-0.15, -0.1) is 0 Å². The molecule has 12 heteroatoms. The second-order valence-electron chi connectivity index (χ2n) is 11.3. The molecular formula is C31H44N6O6. The van der Waals surface area contributed by atoms with Gasteiger partial charge in [0.25, 0.3) is 5.91 Å². The van der Waals surface area contributed by atoms with Crippen LogP contribution in [0.15, 0.2) is 36.5 Å². The van der Waals surface area contributed by atoms with Crippen LogP contribution in [0.2, 0.25) is 0 Å². The van der Waals surface area contributed by atoms with Crippen molar-refractivity contribution in [2.24, 2.45) is 0 Å². The first kappa shape index (κ1) is 33.5. The fourth-order valence-corrected chi connectivity index (χ4v) is 4.39. The van der Waals surface area contributed by atoms with Crippen molar-refractivity contribution in [3.63, 3.8) is 0 Å². The molecule has 1 aliphatic rings. The second-order valence-corrected chi connectivity index (χ2v) is 11.3. The third-order valence-corrected chi connectivity index (χ3v) is 6.83. The van der Waals surface area contributed by atoms with Gasteiger partial charge in [-0.1, -0.05) is 31.2 Å². The van der Waals surface area contributed by atoms with Gasteiger partial charge in [-0.3, -0.25) is 19.7 Å². The first-order valence-electron chi connectivity index (χ1n) is 14.6. The minimum atomic E-state index is -0.711. The van der Waals surface area contributed by atoms with Gasteiger partial charge < -0.3 is 29.5 Å². The highest BCUT2D eigenvalue weighted by atomic mass is 16.6. The normalized spacial score (nSPS) is 13.4. The van der Waals surface area contributed by atoms with Crippen LogP contribution in [-0.4, -0.2) is 116 Å². The highest BCUT2D eigenvalue weighted by Gasteiger charge is 2.23. The molecule has 0 aliphatic carbocycles. The van der Waals surface area contributed by atoms with Crippen molar-refractivity contribution < 1.29 is 28.7 Å². The van der Waals surface area contributed by atoms with E-state index in [9.17, 15) is 19.2 Å². The fraction of sp³-hybridized carbons (Fsp3) is 0.516. The van der Waals surface area contributed by atoms with E-state index in [1.165, 1.54) is 4.90 Å². The summed E-state index contributed by atoms with van der Waals surface area (Å²) in [6.45, 7) is 11.2. The Hall–Kier alpha value is -4.03. The molecule has 0 atom stereocenters. The lowest BCUT2D eigenvalue weighted by Crippen LogP contribution is -2.50. The third-order valence-electron chi connectivity index (χ3n) is 6.83. The van der Waals surface area contributed by atoms with Crippen molar-refractivity contribution in [2.75, 3.05) is 71.4 Å². The SMILES string of the molecule is CCc1cccc(-c2cnc(C(=O)N(C)CCOCCNCC(=O)N3CCN(C=O)CC3)c(NC(=O)OC(C)(C)C)c2)c1. The first-order chi connectivity index (χ1) is 20.5. The van der Waals surface area contributed by atoms with E-state index in [1.54, 1.807) is 49.9 Å². The van der Waals surface area contributed by atoms with Crippen molar-refractivity contribution >= 4 is 30.0 Å². The van der Waals surface area contributed by atoms with E-state index in [0.29, 0.717) is 45.9 Å². The number of hydrogen-bond donors (Lipinski definition) is 2. The van der Waals surface area contributed by atoms with Crippen LogP contribution >= 0.6 is 0 Å². The molecule has 0 unspecified atom stereocenters. The zero-order valence-corrected chi connectivity index (χ0v) is 25.9. The second kappa shape index (κ2) is 16.0. The van der Waals surface area contributed by atoms with Crippen molar-refractivity contribution in [2.45, 2.75) is 39.7 Å². The summed E-state index contributed by atoms with van der Waals surface area (Å²) in [5, 5.41) is 5.78. The average Bonchev–Trinajstić information content (AvgIpc) is 2.99. The summed E-state index contributed by atoms with van der Waals surface area (Å²) in [5.74, 6) is -0.384. The van der Waals surface area contributed by atoms with Gasteiger partial charge in [-0.25, -0.2) is 9.78 Å². The number of likely N-dealkylation sites (N-methyl/N-ethyl adjacent to an activating group) is 1. The van der Waals surface area contributed by atoms with Gasteiger partial charge in [0.15, 0.2) is 5.69 Å². The van der Waals surface area contributed by atoms with E-state index < -0.39 is 11.7 Å². The van der Waals surface area contributed by atoms with Gasteiger partial charge in [0, 0.05) is 58.1 Å². The molecule has 1 saturated heterocycles. The van der Waals surface area contributed by atoms with Crippen LogP contribution < -0.4 is 10.6 Å². The number of aryl methyl sites for hydroxylation is 1. The Balaban J connectivity index is 1.53. The van der Waals surface area contributed by atoms with E-state index >= 15 is 0 Å². The van der Waals surface area contributed by atoms with Crippen LogP contribution in [-0.2, 0) is 25.5 Å². The van der Waals surface area contributed by atoms with Gasteiger partial charge >= 0.3 is 6.09 Å². The van der Waals surface area contributed by atoms with Crippen molar-refractivity contribution in [3.8, 4) is 11.1 Å². The number of amides is 4. The Kier molecular flexibility index (Phi) is 12.4. The van der Waals surface area contributed by atoms with Crippen LogP contribution in [0.1, 0.15) is 43.7 Å². The number of piperazine rings is 1. The number of carbonyl (C=O) groups excluding carboxylic acids is 4. The maximum Gasteiger partial charge on any atom is 0.412 e. The molecule has 1 aliphatic heterocycles. The Morgan fingerprint density at radius 3 is 2.49 bits per heavy atom. The number of pyridine rings is 1. The van der Waals surface area contributed by atoms with Crippen molar-refractivity contribution in [1.29, 1.82) is 0 Å². The summed E-state index contributed by atoms with van der Waals surface area (Å²) >= 11 is 0. The molecule has 0 radical (unpaired) electrons. The zero-order valence-electron chi connectivity index (χ0n) is 25.9. The molecule has 1 aromatic carbocycles. The number of aromatic nitrogens is 1. The minimum Gasteiger partial charge on any atom is -0.444 e. The van der Waals surface area contributed by atoms with E-state index in [2.05, 4.69) is 28.6 Å². The fourth-order valence-electron chi connectivity index (χ4n) is 4.39. The third kappa shape index (κ3) is 10.6. The zero-order chi connectivity index (χ0) is 31.4. The summed E-state index contributed by atoms with van der Waals surface area (Å²) in [6, 6.07) is 9.76. The summed E-state index contributed by atoms with van der Waals surface area (Å²) in [6.07, 6.45) is 2.63. The van der Waals surface area contributed by atoms with Crippen LogP contribution in [0.25, 0.3) is 11.1 Å². The molecule has 2 N–H and O–H groups in total. The number of carbonyl (C=O) groups is 4. The number of nitrogens with zero attached hydrogens (tertiary/aromatic N) is 4. The Bertz CT molecular complexity index is 1260. The van der Waals surface area contributed by atoms with Gasteiger partial charge in [-0.05, 0) is 44.4 Å².